The van der Waals surface area contributed by atoms with Crippen LogP contribution in [-0.2, 0) is 0 Å². The Morgan fingerprint density at radius 1 is 0.129 bits per heavy atom. The Hall–Kier alpha value is -7.08. The summed E-state index contributed by atoms with van der Waals surface area (Å²) < 4.78 is 0. The molecule has 0 saturated carbocycles. The molecule has 8 rings (SSSR count). The van der Waals surface area contributed by atoms with Crippen LogP contribution in [0, 0.1) is 71.0 Å². The fraction of sp³-hybridized carbons (Fsp3) is 0.700. The Balaban J connectivity index is 1.78. The van der Waals surface area contributed by atoms with E-state index in [0.29, 0.717) is 71.0 Å². The van der Waals surface area contributed by atoms with Crippen LogP contribution < -0.4 is 0 Å². The van der Waals surface area contributed by atoms with Gasteiger partial charge >= 0.3 is 0 Å². The molecule has 132 heavy (non-hydrogen) atoms. The third-order valence-electron chi connectivity index (χ3n) is 27.0. The first-order chi connectivity index (χ1) is 63.3. The summed E-state index contributed by atoms with van der Waals surface area (Å²) in [6.45, 7) is 56.8. The molecule has 4 aromatic rings. The van der Waals surface area contributed by atoms with Crippen molar-refractivity contribution in [1.82, 2.24) is 0 Å². The van der Waals surface area contributed by atoms with Crippen LogP contribution in [0.15, 0.2) is 133 Å². The molecular formula is C120H192N12. The van der Waals surface area contributed by atoms with Gasteiger partial charge in [0.25, 0.3) is 0 Å². The van der Waals surface area contributed by atoms with Gasteiger partial charge in [-0.3, -0.25) is 59.9 Å². The van der Waals surface area contributed by atoms with Crippen LogP contribution in [-0.4, -0.2) is 147 Å². The van der Waals surface area contributed by atoms with Crippen molar-refractivity contribution in [2.75, 3.05) is 0 Å². The molecule has 12 heteroatoms. The highest BCUT2D eigenvalue weighted by atomic mass is 14.9. The summed E-state index contributed by atoms with van der Waals surface area (Å²) in [7, 11) is 0. The fourth-order valence-corrected chi connectivity index (χ4v) is 19.1. The summed E-state index contributed by atoms with van der Waals surface area (Å²) in [5.41, 5.74) is 12.5. The minimum absolute atomic E-state index is 0.0749. The monoisotopic (exact) mass is 1800 g/mol. The second-order valence-corrected chi connectivity index (χ2v) is 45.8. The Morgan fingerprint density at radius 2 is 0.197 bits per heavy atom. The van der Waals surface area contributed by atoms with Gasteiger partial charge in [0.15, 0.2) is 0 Å². The normalized spacial score (nSPS) is 21.4. The van der Waals surface area contributed by atoms with Crippen LogP contribution in [0.25, 0.3) is 0 Å². The van der Waals surface area contributed by atoms with E-state index in [9.17, 15) is 0 Å². The van der Waals surface area contributed by atoms with Crippen LogP contribution in [0.4, 0.5) is 0 Å². The maximum absolute atomic E-state index is 5.90. The molecule has 732 valence electrons. The summed E-state index contributed by atoms with van der Waals surface area (Å²) in [6, 6.07) is 27.2. The number of aliphatic imine (C=N–C) groups is 12. The molecule has 12 atom stereocenters. The number of fused-ring (bicyclic) bond motifs is 18. The van der Waals surface area contributed by atoms with Gasteiger partial charge in [-0.05, 0) is 288 Å². The van der Waals surface area contributed by atoms with Gasteiger partial charge in [-0.25, -0.2) is 0 Å². The molecule has 0 N–H and O–H groups in total. The molecule has 0 spiro atoms. The molecule has 12 bridgehead atoms. The maximum atomic E-state index is 5.90. The lowest BCUT2D eigenvalue weighted by atomic mass is 9.94. The lowest BCUT2D eigenvalue weighted by Crippen LogP contribution is -2.24. The lowest BCUT2D eigenvalue weighted by Gasteiger charge is -2.22. The van der Waals surface area contributed by atoms with E-state index in [0.717, 1.165) is 298 Å². The molecule has 0 saturated heterocycles. The van der Waals surface area contributed by atoms with Gasteiger partial charge in [0.2, 0.25) is 0 Å². The second kappa shape index (κ2) is 62.6. The zero-order chi connectivity index (χ0) is 95.7. The highest BCUT2D eigenvalue weighted by molar-refractivity contribution is 5.96. The van der Waals surface area contributed by atoms with Crippen LogP contribution in [0.1, 0.15) is 464 Å². The van der Waals surface area contributed by atoms with Crippen LogP contribution in [0.2, 0.25) is 0 Å². The van der Waals surface area contributed by atoms with Crippen molar-refractivity contribution >= 4 is 74.6 Å². The molecule has 0 fully saturated rings. The first-order valence-electron chi connectivity index (χ1n) is 54.2. The van der Waals surface area contributed by atoms with Crippen LogP contribution in [0.3, 0.4) is 0 Å². The minimum Gasteiger partial charge on any atom is -0.287 e. The first kappa shape index (κ1) is 112. The molecule has 0 radical (unpaired) electrons. The summed E-state index contributed by atoms with van der Waals surface area (Å²) in [5, 5.41) is 0. The standard InChI is InChI=1S/C120H192N12/c1-85(2)37-25-49-109-110(50-26-38-86(3)4)122-74-98-63-101-66-102(64-98)78-126-116(56-32-44-92(15)16)118(58-34-46-94(19)20)130-82-106-68-104-70-108(72-106)84-132-120(60-36-48-96(23)24)119(59-35-47-95(21)22)131-83-107-69-103(67-105(71-107)81-129-117(57-33-45-93(17)18)115(125-77-101)55-31-43-91(13)14)79-127-113(53-29-41-89(9)10)111(51-27-39-87(5)6)123-75-99-61-97(73-121-109)62-100(65-99)76-124-112(52-28-40-88(7)8)114(128-80-104)54-30-42-90(11)12/h61-96,109-120H,25-60H2,1-24H3. The smallest absolute Gasteiger partial charge is 0.0723 e. The quantitative estimate of drug-likeness (QED) is 0.0414. The van der Waals surface area contributed by atoms with Crippen molar-refractivity contribution in [3.8, 4) is 0 Å². The fourth-order valence-electron chi connectivity index (χ4n) is 19.1. The van der Waals surface area contributed by atoms with Gasteiger partial charge < -0.3 is 0 Å². The van der Waals surface area contributed by atoms with Crippen LogP contribution in [0.5, 0.6) is 0 Å². The molecule has 12 nitrogen and oxygen atoms in total. The summed E-state index contributed by atoms with van der Waals surface area (Å²) in [6.07, 6.45) is 63.9. The zero-order valence-electron chi connectivity index (χ0n) is 88.5. The van der Waals surface area contributed by atoms with Crippen molar-refractivity contribution in [3.05, 3.63) is 140 Å². The SMILES string of the molecule is CC(C)CCCC1N=Cc2cc3cc(c2)C=NC(CCCC(C)C)C(CCCC(C)C)N=Cc2cc4cc(c2)C=NC(CCCC(C)C)C(CCCC(C)C)N=Cc2cc(cc(c2)C=NC(CCCC(C)C)C(CCCC(C)C)N=Cc2cc(cc(c2)C=NC(CCCC(C)C)C(CCCC(C)C)N=C4)C=NC1CCCC(C)C)C=NC(CCCC(C)C)C(CCCC(C)C)N=C3. The van der Waals surface area contributed by atoms with Gasteiger partial charge in [0.1, 0.15) is 0 Å². The number of rotatable bonds is 48. The molecule has 4 aromatic carbocycles. The number of hydrogen-bond acceptors (Lipinski definition) is 12. The number of benzene rings is 4. The summed E-state index contributed by atoms with van der Waals surface area (Å²) in [5.74, 6) is 6.77. The molecule has 4 aliphatic rings. The Labute approximate surface area is 809 Å². The lowest BCUT2D eigenvalue weighted by molar-refractivity contribution is 0.415. The number of nitrogens with zero attached hydrogens (tertiary/aromatic N) is 12. The van der Waals surface area contributed by atoms with E-state index in [1.165, 1.54) is 0 Å². The predicted molar refractivity (Wildman–Crippen MR) is 587 cm³/mol. The summed E-state index contributed by atoms with van der Waals surface area (Å²) >= 11 is 0. The van der Waals surface area contributed by atoms with Gasteiger partial charge in [-0.1, -0.05) is 320 Å². The van der Waals surface area contributed by atoms with Gasteiger partial charge in [0, 0.05) is 74.6 Å². The summed E-state index contributed by atoms with van der Waals surface area (Å²) in [4.78, 5) is 70.8. The van der Waals surface area contributed by atoms with E-state index in [4.69, 9.17) is 59.9 Å². The average Bonchev–Trinajstić information content (AvgIpc) is 1.02. The van der Waals surface area contributed by atoms with Crippen molar-refractivity contribution < 1.29 is 0 Å². The second-order valence-electron chi connectivity index (χ2n) is 45.8. The third-order valence-corrected chi connectivity index (χ3v) is 27.0. The molecule has 4 heterocycles. The third kappa shape index (κ3) is 47.1. The highest BCUT2D eigenvalue weighted by Crippen LogP contribution is 2.32. The van der Waals surface area contributed by atoms with Crippen molar-refractivity contribution in [2.45, 2.75) is 470 Å². The Morgan fingerprint density at radius 3 is 0.258 bits per heavy atom. The molecule has 0 aliphatic carbocycles. The van der Waals surface area contributed by atoms with Gasteiger partial charge in [-0.2, -0.15) is 0 Å². The zero-order valence-corrected chi connectivity index (χ0v) is 88.5. The molecule has 12 unspecified atom stereocenters. The largest absolute Gasteiger partial charge is 0.287 e. The average molecular weight is 1800 g/mol. The predicted octanol–water partition coefficient (Wildman–Crippen LogP) is 32.2. The maximum Gasteiger partial charge on any atom is 0.0723 e. The van der Waals surface area contributed by atoms with Crippen molar-refractivity contribution in [1.29, 1.82) is 0 Å². The van der Waals surface area contributed by atoms with E-state index in [-0.39, 0.29) is 72.5 Å². The molecule has 0 aromatic heterocycles. The minimum atomic E-state index is -0.0749. The number of hydrogen-bond donors (Lipinski definition) is 0. The highest BCUT2D eigenvalue weighted by Gasteiger charge is 2.28. The van der Waals surface area contributed by atoms with E-state index in [1.807, 2.05) is 0 Å². The van der Waals surface area contributed by atoms with Gasteiger partial charge in [-0.15, -0.1) is 0 Å². The van der Waals surface area contributed by atoms with Crippen molar-refractivity contribution in [3.63, 3.8) is 0 Å². The molecular weight excluding hydrogens is 1610 g/mol. The Kier molecular flexibility index (Phi) is 53.1. The first-order valence-corrected chi connectivity index (χ1v) is 54.2. The van der Waals surface area contributed by atoms with E-state index in [2.05, 4.69) is 314 Å². The van der Waals surface area contributed by atoms with E-state index in [1.54, 1.807) is 0 Å². The molecule has 0 amide bonds. The van der Waals surface area contributed by atoms with Crippen molar-refractivity contribution in [2.24, 2.45) is 131 Å². The van der Waals surface area contributed by atoms with Crippen LogP contribution >= 0.6 is 0 Å². The van der Waals surface area contributed by atoms with E-state index < -0.39 is 0 Å². The topological polar surface area (TPSA) is 148 Å². The van der Waals surface area contributed by atoms with E-state index >= 15 is 0 Å². The van der Waals surface area contributed by atoms with Gasteiger partial charge in [0.05, 0.1) is 72.5 Å². The Bertz CT molecular complexity index is 3220. The molecule has 4 aliphatic heterocycles.